The second-order valence-corrected chi connectivity index (χ2v) is 7.94. The monoisotopic (exact) mass is 406 g/mol. The quantitative estimate of drug-likeness (QED) is 0.240. The van der Waals surface area contributed by atoms with Gasteiger partial charge in [-0.2, -0.15) is 0 Å². The van der Waals surface area contributed by atoms with Crippen LogP contribution < -0.4 is 5.32 Å². The Balaban J connectivity index is 1.48. The fraction of sp³-hybridized carbons (Fsp3) is 0.481. The van der Waals surface area contributed by atoms with Gasteiger partial charge < -0.3 is 5.32 Å². The van der Waals surface area contributed by atoms with E-state index in [0.29, 0.717) is 6.42 Å². The number of anilines is 1. The van der Waals surface area contributed by atoms with Crippen molar-refractivity contribution in [2.45, 2.75) is 84.0 Å². The second-order valence-electron chi connectivity index (χ2n) is 7.94. The molecule has 1 N–H and O–H groups in total. The first-order chi connectivity index (χ1) is 14.8. The van der Waals surface area contributed by atoms with Crippen molar-refractivity contribution < 1.29 is 4.79 Å². The number of amides is 1. The van der Waals surface area contributed by atoms with Crippen LogP contribution in [0, 0.1) is 0 Å². The molecule has 0 aliphatic heterocycles. The lowest BCUT2D eigenvalue weighted by molar-refractivity contribution is -0.116. The van der Waals surface area contributed by atoms with E-state index >= 15 is 0 Å². The number of nitrogens with one attached hydrogen (secondary N) is 1. The molecule has 1 aromatic heterocycles. The maximum Gasteiger partial charge on any atom is 0.224 e. The summed E-state index contributed by atoms with van der Waals surface area (Å²) in [7, 11) is 0. The summed E-state index contributed by atoms with van der Waals surface area (Å²) in [5.74, 6) is 0.0811. The molecule has 0 bridgehead atoms. The molecule has 1 aromatic carbocycles. The molecule has 0 aliphatic rings. The van der Waals surface area contributed by atoms with Gasteiger partial charge in [0.2, 0.25) is 5.91 Å². The number of carbonyl (C=O) groups excluding carboxylic acids is 1. The molecule has 0 unspecified atom stereocenters. The number of pyridine rings is 1. The van der Waals surface area contributed by atoms with Crippen LogP contribution in [-0.2, 0) is 4.79 Å². The van der Waals surface area contributed by atoms with Crippen LogP contribution in [0.25, 0.3) is 10.9 Å². The van der Waals surface area contributed by atoms with E-state index in [4.69, 9.17) is 0 Å². The Morgan fingerprint density at radius 2 is 1.53 bits per heavy atom. The highest BCUT2D eigenvalue weighted by atomic mass is 16.1. The van der Waals surface area contributed by atoms with Crippen molar-refractivity contribution in [2.75, 3.05) is 5.32 Å². The number of hydrogen-bond acceptors (Lipinski definition) is 2. The Bertz CT molecular complexity index is 789. The average Bonchev–Trinajstić information content (AvgIpc) is 2.76. The zero-order chi connectivity index (χ0) is 21.3. The Hall–Kier alpha value is -2.42. The van der Waals surface area contributed by atoms with Gasteiger partial charge in [-0.15, -0.1) is 0 Å². The minimum atomic E-state index is 0.0811. The van der Waals surface area contributed by atoms with Gasteiger partial charge in [-0.05, 0) is 44.2 Å². The summed E-state index contributed by atoms with van der Waals surface area (Å²) >= 11 is 0. The molecular formula is C27H38N2O. The van der Waals surface area contributed by atoms with Gasteiger partial charge in [0.1, 0.15) is 0 Å². The van der Waals surface area contributed by atoms with Crippen LogP contribution in [0.15, 0.2) is 60.8 Å². The highest BCUT2D eigenvalue weighted by Crippen LogP contribution is 2.21. The van der Waals surface area contributed by atoms with Gasteiger partial charge in [0.25, 0.3) is 0 Å². The van der Waals surface area contributed by atoms with E-state index in [0.717, 1.165) is 35.9 Å². The van der Waals surface area contributed by atoms with Crippen molar-refractivity contribution in [2.24, 2.45) is 0 Å². The molecule has 2 aromatic rings. The van der Waals surface area contributed by atoms with Crippen LogP contribution in [0.5, 0.6) is 0 Å². The lowest BCUT2D eigenvalue weighted by Crippen LogP contribution is -2.11. The van der Waals surface area contributed by atoms with E-state index < -0.39 is 0 Å². The van der Waals surface area contributed by atoms with Crippen molar-refractivity contribution >= 4 is 22.5 Å². The van der Waals surface area contributed by atoms with Crippen molar-refractivity contribution in [3.05, 3.63) is 60.8 Å². The molecule has 1 amide bonds. The minimum Gasteiger partial charge on any atom is -0.324 e. The molecule has 0 atom stereocenters. The molecule has 0 radical (unpaired) electrons. The Morgan fingerprint density at radius 3 is 2.30 bits per heavy atom. The average molecular weight is 407 g/mol. The Morgan fingerprint density at radius 1 is 0.867 bits per heavy atom. The van der Waals surface area contributed by atoms with E-state index in [2.05, 4.69) is 41.5 Å². The van der Waals surface area contributed by atoms with Crippen LogP contribution in [0.2, 0.25) is 0 Å². The number of rotatable bonds is 15. The van der Waals surface area contributed by atoms with E-state index in [1.54, 1.807) is 6.20 Å². The number of allylic oxidation sites excluding steroid dienone is 4. The third-order valence-corrected chi connectivity index (χ3v) is 5.29. The first-order valence-corrected chi connectivity index (χ1v) is 11.8. The van der Waals surface area contributed by atoms with Gasteiger partial charge in [0.15, 0.2) is 0 Å². The predicted molar refractivity (Wildman–Crippen MR) is 130 cm³/mol. The van der Waals surface area contributed by atoms with Crippen molar-refractivity contribution in [3.8, 4) is 0 Å². The Labute approximate surface area is 182 Å². The maximum atomic E-state index is 12.2. The molecule has 0 saturated heterocycles. The largest absolute Gasteiger partial charge is 0.324 e. The third-order valence-electron chi connectivity index (χ3n) is 5.29. The van der Waals surface area contributed by atoms with Crippen LogP contribution in [0.4, 0.5) is 5.69 Å². The van der Waals surface area contributed by atoms with E-state index in [-0.39, 0.29) is 5.91 Å². The highest BCUT2D eigenvalue weighted by molar-refractivity contribution is 6.00. The van der Waals surface area contributed by atoms with E-state index in [1.165, 1.54) is 51.4 Å². The number of benzene rings is 1. The molecule has 2 rings (SSSR count). The summed E-state index contributed by atoms with van der Waals surface area (Å²) in [4.78, 5) is 16.6. The van der Waals surface area contributed by atoms with E-state index in [1.807, 2.05) is 30.3 Å². The Kier molecular flexibility index (Phi) is 12.3. The molecule has 30 heavy (non-hydrogen) atoms. The zero-order valence-electron chi connectivity index (χ0n) is 18.6. The number of aromatic nitrogens is 1. The van der Waals surface area contributed by atoms with Crippen molar-refractivity contribution in [1.82, 2.24) is 4.98 Å². The predicted octanol–water partition coefficient (Wildman–Crippen LogP) is 7.99. The summed E-state index contributed by atoms with van der Waals surface area (Å²) < 4.78 is 0. The van der Waals surface area contributed by atoms with Crippen LogP contribution in [0.3, 0.4) is 0 Å². The summed E-state index contributed by atoms with van der Waals surface area (Å²) in [6.45, 7) is 2.25. The summed E-state index contributed by atoms with van der Waals surface area (Å²) in [5, 5.41) is 4.07. The minimum absolute atomic E-state index is 0.0811. The fourth-order valence-corrected chi connectivity index (χ4v) is 3.53. The number of para-hydroxylation sites is 1. The fourth-order valence-electron chi connectivity index (χ4n) is 3.53. The first kappa shape index (κ1) is 23.9. The summed E-state index contributed by atoms with van der Waals surface area (Å²) in [5.41, 5.74) is 1.66. The maximum absolute atomic E-state index is 12.2. The lowest BCUT2D eigenvalue weighted by Gasteiger charge is -2.08. The number of unbranched alkanes of at least 4 members (excludes halogenated alkanes) is 9. The summed E-state index contributed by atoms with van der Waals surface area (Å²) in [6, 6.07) is 9.81. The number of hydrogen-bond donors (Lipinski definition) is 1. The van der Waals surface area contributed by atoms with E-state index in [9.17, 15) is 4.79 Å². The normalized spacial score (nSPS) is 11.6. The molecule has 0 fully saturated rings. The standard InChI is InChI=1S/C27H38N2O/c1-2-3-4-5-6-7-8-9-10-11-12-13-14-15-16-22-26(30)29-25-21-17-19-24-20-18-23-28-27(24)25/h7-10,17-21,23H,2-6,11-16,22H2,1H3,(H,29,30)/b8-7+,10-9-. The van der Waals surface area contributed by atoms with Gasteiger partial charge in [-0.1, -0.05) is 88.0 Å². The van der Waals surface area contributed by atoms with Crippen LogP contribution in [0.1, 0.15) is 84.0 Å². The topological polar surface area (TPSA) is 42.0 Å². The molecule has 0 spiro atoms. The van der Waals surface area contributed by atoms with Gasteiger partial charge in [0, 0.05) is 18.0 Å². The third kappa shape index (κ3) is 9.87. The number of fused-ring (bicyclic) bond motifs is 1. The molecule has 1 heterocycles. The SMILES string of the molecule is CCCCCC/C=C/C=C\CCCCCCCC(=O)Nc1cccc2cccnc12. The van der Waals surface area contributed by atoms with Crippen LogP contribution in [-0.4, -0.2) is 10.9 Å². The highest BCUT2D eigenvalue weighted by Gasteiger charge is 2.06. The smallest absolute Gasteiger partial charge is 0.224 e. The molecular weight excluding hydrogens is 368 g/mol. The van der Waals surface area contributed by atoms with Crippen molar-refractivity contribution in [3.63, 3.8) is 0 Å². The molecule has 3 heteroatoms. The molecule has 162 valence electrons. The summed E-state index contributed by atoms with van der Waals surface area (Å²) in [6.07, 6.45) is 24.7. The molecule has 0 saturated carbocycles. The molecule has 0 aliphatic carbocycles. The number of nitrogens with zero attached hydrogens (tertiary/aromatic N) is 1. The lowest BCUT2D eigenvalue weighted by atomic mass is 10.1. The first-order valence-electron chi connectivity index (χ1n) is 11.8. The van der Waals surface area contributed by atoms with Crippen molar-refractivity contribution in [1.29, 1.82) is 0 Å². The van der Waals surface area contributed by atoms with Crippen LogP contribution >= 0.6 is 0 Å². The van der Waals surface area contributed by atoms with Gasteiger partial charge >= 0.3 is 0 Å². The second kappa shape index (κ2) is 15.4. The number of carbonyl (C=O) groups is 1. The van der Waals surface area contributed by atoms with Gasteiger partial charge in [-0.3, -0.25) is 9.78 Å². The molecule has 3 nitrogen and oxygen atoms in total. The van der Waals surface area contributed by atoms with Gasteiger partial charge in [0.05, 0.1) is 11.2 Å². The van der Waals surface area contributed by atoms with Gasteiger partial charge in [-0.25, -0.2) is 0 Å². The zero-order valence-corrected chi connectivity index (χ0v) is 18.6.